The fourth-order valence-corrected chi connectivity index (χ4v) is 3.44. The number of cyclic esters (lactones) is 1. The van der Waals surface area contributed by atoms with Crippen LogP contribution < -0.4 is 5.32 Å². The number of anilines is 1. The molecule has 2 aliphatic rings. The van der Waals surface area contributed by atoms with Crippen LogP contribution in [0, 0.1) is 6.92 Å². The number of esters is 1. The van der Waals surface area contributed by atoms with Gasteiger partial charge in [0.15, 0.2) is 5.82 Å². The monoisotopic (exact) mass is 273 g/mol. The number of aryl methyl sites for hydroxylation is 1. The molecule has 0 spiro atoms. The Bertz CT molecular complexity index is 700. The van der Waals surface area contributed by atoms with Gasteiger partial charge >= 0.3 is 5.97 Å². The van der Waals surface area contributed by atoms with Gasteiger partial charge in [-0.2, -0.15) is 16.4 Å². The molecule has 6 heteroatoms. The van der Waals surface area contributed by atoms with Crippen LogP contribution in [0.15, 0.2) is 28.1 Å². The fraction of sp³-hybridized carbons (Fsp3) is 0.231. The molecule has 1 atom stereocenters. The van der Waals surface area contributed by atoms with E-state index >= 15 is 0 Å². The minimum Gasteiger partial charge on any atom is -0.456 e. The largest absolute Gasteiger partial charge is 0.456 e. The average Bonchev–Trinajstić information content (AvgIpc) is 3.10. The second kappa shape index (κ2) is 3.71. The van der Waals surface area contributed by atoms with E-state index in [4.69, 9.17) is 4.74 Å². The minimum absolute atomic E-state index is 0.0775. The van der Waals surface area contributed by atoms with Crippen molar-refractivity contribution in [2.24, 2.45) is 0 Å². The molecule has 4 rings (SSSR count). The van der Waals surface area contributed by atoms with E-state index in [1.807, 2.05) is 18.4 Å². The number of hydrogen-bond donors (Lipinski definition) is 2. The standard InChI is InChI=1S/C13H11N3O2S/c1-6-9-10(7-2-3-19-5-7)11-8(4-18-13(11)17)14-12(9)16-15-6/h2-3,5,10H,4H2,1H3,(H2,14,15,16)/t10-/m0/s1. The van der Waals surface area contributed by atoms with Crippen molar-refractivity contribution in [1.29, 1.82) is 0 Å². The quantitative estimate of drug-likeness (QED) is 0.781. The Morgan fingerprint density at radius 2 is 2.42 bits per heavy atom. The number of hydrogen-bond acceptors (Lipinski definition) is 5. The zero-order chi connectivity index (χ0) is 13.0. The molecule has 0 saturated carbocycles. The molecule has 4 heterocycles. The highest BCUT2D eigenvalue weighted by Crippen LogP contribution is 2.45. The fourth-order valence-electron chi connectivity index (χ4n) is 2.76. The average molecular weight is 273 g/mol. The van der Waals surface area contributed by atoms with Crippen LogP contribution in [0.4, 0.5) is 5.82 Å². The molecule has 19 heavy (non-hydrogen) atoms. The van der Waals surface area contributed by atoms with Gasteiger partial charge in [0, 0.05) is 17.2 Å². The molecule has 2 aromatic rings. The summed E-state index contributed by atoms with van der Waals surface area (Å²) >= 11 is 1.63. The first-order valence-electron chi connectivity index (χ1n) is 6.00. The summed E-state index contributed by atoms with van der Waals surface area (Å²) in [6.07, 6.45) is 0. The van der Waals surface area contributed by atoms with Crippen molar-refractivity contribution in [2.75, 3.05) is 11.9 Å². The number of H-pyrrole nitrogens is 1. The van der Waals surface area contributed by atoms with Gasteiger partial charge in [-0.1, -0.05) is 0 Å². The Balaban J connectivity index is 1.97. The van der Waals surface area contributed by atoms with Gasteiger partial charge in [-0.05, 0) is 29.3 Å². The number of thiophene rings is 1. The normalized spacial score (nSPS) is 20.9. The van der Waals surface area contributed by atoms with E-state index in [9.17, 15) is 4.79 Å². The highest BCUT2D eigenvalue weighted by atomic mass is 32.1. The molecule has 0 unspecified atom stereocenters. The molecular formula is C13H11N3O2S. The number of nitrogens with one attached hydrogen (secondary N) is 2. The first-order chi connectivity index (χ1) is 9.25. The summed E-state index contributed by atoms with van der Waals surface area (Å²) in [6.45, 7) is 2.28. The van der Waals surface area contributed by atoms with Crippen LogP contribution in [-0.4, -0.2) is 22.8 Å². The van der Waals surface area contributed by atoms with Crippen LogP contribution in [-0.2, 0) is 9.53 Å². The van der Waals surface area contributed by atoms with Crippen LogP contribution in [0.1, 0.15) is 22.7 Å². The number of aromatic nitrogens is 2. The number of nitrogens with zero attached hydrogens (tertiary/aromatic N) is 1. The van der Waals surface area contributed by atoms with Crippen molar-refractivity contribution in [3.63, 3.8) is 0 Å². The van der Waals surface area contributed by atoms with Gasteiger partial charge in [-0.15, -0.1) is 0 Å². The van der Waals surface area contributed by atoms with Gasteiger partial charge in [-0.3, -0.25) is 5.10 Å². The maximum Gasteiger partial charge on any atom is 0.337 e. The molecule has 0 amide bonds. The third kappa shape index (κ3) is 1.40. The molecule has 2 N–H and O–H groups in total. The zero-order valence-electron chi connectivity index (χ0n) is 10.2. The van der Waals surface area contributed by atoms with Crippen molar-refractivity contribution < 1.29 is 9.53 Å². The van der Waals surface area contributed by atoms with Crippen molar-refractivity contribution in [1.82, 2.24) is 10.2 Å². The van der Waals surface area contributed by atoms with Gasteiger partial charge in [0.05, 0.1) is 11.3 Å². The topological polar surface area (TPSA) is 67.0 Å². The van der Waals surface area contributed by atoms with Crippen molar-refractivity contribution >= 4 is 23.1 Å². The van der Waals surface area contributed by atoms with E-state index in [0.717, 1.165) is 33.9 Å². The first kappa shape index (κ1) is 10.8. The highest BCUT2D eigenvalue weighted by molar-refractivity contribution is 7.08. The second-order valence-corrected chi connectivity index (χ2v) is 5.47. The summed E-state index contributed by atoms with van der Waals surface area (Å²) in [7, 11) is 0. The number of aromatic amines is 1. The van der Waals surface area contributed by atoms with E-state index in [2.05, 4.69) is 20.9 Å². The summed E-state index contributed by atoms with van der Waals surface area (Å²) in [6, 6.07) is 2.05. The van der Waals surface area contributed by atoms with Crippen molar-refractivity contribution in [3.05, 3.63) is 44.9 Å². The van der Waals surface area contributed by atoms with Gasteiger partial charge in [0.2, 0.25) is 0 Å². The third-order valence-electron chi connectivity index (χ3n) is 3.61. The Morgan fingerprint density at radius 3 is 3.21 bits per heavy atom. The summed E-state index contributed by atoms with van der Waals surface area (Å²) in [5.41, 5.74) is 4.68. The molecule has 0 saturated heterocycles. The molecule has 2 aliphatic heterocycles. The maximum atomic E-state index is 12.0. The Morgan fingerprint density at radius 1 is 1.53 bits per heavy atom. The van der Waals surface area contributed by atoms with Gasteiger partial charge in [0.25, 0.3) is 0 Å². The molecule has 96 valence electrons. The van der Waals surface area contributed by atoms with Crippen LogP contribution >= 0.6 is 11.3 Å². The van der Waals surface area contributed by atoms with E-state index in [1.54, 1.807) is 11.3 Å². The maximum absolute atomic E-state index is 12.0. The number of ether oxygens (including phenoxy) is 1. The third-order valence-corrected chi connectivity index (χ3v) is 4.31. The summed E-state index contributed by atoms with van der Waals surface area (Å²) in [5.74, 6) is 0.488. The molecule has 0 aliphatic carbocycles. The van der Waals surface area contributed by atoms with Crippen LogP contribution in [0.5, 0.6) is 0 Å². The Hall–Kier alpha value is -2.08. The van der Waals surface area contributed by atoms with E-state index in [-0.39, 0.29) is 11.9 Å². The highest BCUT2D eigenvalue weighted by Gasteiger charge is 2.40. The smallest absolute Gasteiger partial charge is 0.337 e. The predicted molar refractivity (Wildman–Crippen MR) is 71.1 cm³/mol. The van der Waals surface area contributed by atoms with Gasteiger partial charge in [-0.25, -0.2) is 4.79 Å². The summed E-state index contributed by atoms with van der Waals surface area (Å²) in [4.78, 5) is 12.0. The Labute approximate surface area is 113 Å². The molecule has 0 radical (unpaired) electrons. The minimum atomic E-state index is -0.232. The van der Waals surface area contributed by atoms with E-state index in [0.29, 0.717) is 6.61 Å². The number of fused-ring (bicyclic) bond motifs is 1. The zero-order valence-corrected chi connectivity index (χ0v) is 11.0. The lowest BCUT2D eigenvalue weighted by Crippen LogP contribution is -2.19. The molecule has 5 nitrogen and oxygen atoms in total. The van der Waals surface area contributed by atoms with Gasteiger partial charge in [0.1, 0.15) is 6.61 Å². The lowest BCUT2D eigenvalue weighted by Gasteiger charge is -2.23. The van der Waals surface area contributed by atoms with Crippen LogP contribution in [0.2, 0.25) is 0 Å². The lowest BCUT2D eigenvalue weighted by molar-refractivity contribution is -0.136. The van der Waals surface area contributed by atoms with Crippen LogP contribution in [0.3, 0.4) is 0 Å². The number of rotatable bonds is 1. The molecule has 0 aromatic carbocycles. The molecular weight excluding hydrogens is 262 g/mol. The number of carbonyl (C=O) groups excluding carboxylic acids is 1. The first-order valence-corrected chi connectivity index (χ1v) is 6.94. The summed E-state index contributed by atoms with van der Waals surface area (Å²) < 4.78 is 5.16. The van der Waals surface area contributed by atoms with E-state index < -0.39 is 0 Å². The van der Waals surface area contributed by atoms with E-state index in [1.165, 1.54) is 0 Å². The predicted octanol–water partition coefficient (Wildman–Crippen LogP) is 2.15. The molecule has 0 bridgehead atoms. The second-order valence-electron chi connectivity index (χ2n) is 4.69. The number of carbonyl (C=O) groups is 1. The van der Waals surface area contributed by atoms with Gasteiger partial charge < -0.3 is 10.1 Å². The molecule has 0 fully saturated rings. The molecule has 2 aromatic heterocycles. The Kier molecular flexibility index (Phi) is 2.11. The lowest BCUT2D eigenvalue weighted by atomic mass is 9.83. The van der Waals surface area contributed by atoms with Crippen molar-refractivity contribution in [2.45, 2.75) is 12.8 Å². The van der Waals surface area contributed by atoms with Crippen molar-refractivity contribution in [3.8, 4) is 0 Å². The van der Waals surface area contributed by atoms with Crippen LogP contribution in [0.25, 0.3) is 0 Å². The summed E-state index contributed by atoms with van der Waals surface area (Å²) in [5, 5.41) is 14.5. The SMILES string of the molecule is Cc1[nH]nc2c1[C@H](c1ccsc1)C1=C(COC1=O)N2.